The Kier molecular flexibility index (Phi) is 4.26. The molecule has 0 bridgehead atoms. The fourth-order valence-corrected chi connectivity index (χ4v) is 3.05. The summed E-state index contributed by atoms with van der Waals surface area (Å²) in [7, 11) is 0. The summed E-state index contributed by atoms with van der Waals surface area (Å²) in [6.07, 6.45) is 2.45. The highest BCUT2D eigenvalue weighted by molar-refractivity contribution is 9.10. The van der Waals surface area contributed by atoms with Crippen LogP contribution in [0.1, 0.15) is 21.5 Å². The molecule has 1 N–H and O–H groups in total. The molecule has 0 atom stereocenters. The summed E-state index contributed by atoms with van der Waals surface area (Å²) in [5.74, 6) is 0.745. The van der Waals surface area contributed by atoms with E-state index >= 15 is 0 Å². The molecule has 0 spiro atoms. The minimum Gasteiger partial charge on any atom is -0.493 e. The van der Waals surface area contributed by atoms with Crippen LogP contribution in [0.15, 0.2) is 39.5 Å². The summed E-state index contributed by atoms with van der Waals surface area (Å²) in [5.41, 5.74) is 2.69. The molecule has 0 saturated carbocycles. The molecule has 6 heteroatoms. The van der Waals surface area contributed by atoms with Crippen LogP contribution in [-0.4, -0.2) is 17.5 Å². The average Bonchev–Trinajstić information content (AvgIpc) is 2.93. The number of rotatable bonds is 3. The Morgan fingerprint density at radius 3 is 2.95 bits per heavy atom. The number of aromatic nitrogens is 1. The van der Waals surface area contributed by atoms with E-state index in [4.69, 9.17) is 4.74 Å². The molecule has 0 fully saturated rings. The quantitative estimate of drug-likeness (QED) is 0.786. The van der Waals surface area contributed by atoms with Gasteiger partial charge in [-0.1, -0.05) is 15.9 Å². The van der Waals surface area contributed by atoms with Crippen molar-refractivity contribution in [1.29, 1.82) is 0 Å². The first-order valence-corrected chi connectivity index (χ1v) is 8.06. The van der Waals surface area contributed by atoms with Gasteiger partial charge in [0, 0.05) is 29.2 Å². The molecule has 1 aliphatic rings. The van der Waals surface area contributed by atoms with Gasteiger partial charge in [-0.25, -0.2) is 4.98 Å². The Bertz CT molecular complexity index is 687. The number of pyridine rings is 1. The van der Waals surface area contributed by atoms with Crippen LogP contribution in [0.5, 0.6) is 5.75 Å². The van der Waals surface area contributed by atoms with E-state index < -0.39 is 0 Å². The second kappa shape index (κ2) is 6.15. The standard InChI is InChI=1S/C15H12Br2N2O2/c16-12-5-9-3-4-21-14(9)11(6-12)8-19-15(20)10-1-2-13(17)18-7-10/h1-2,5-7H,3-4,8H2,(H,19,20). The van der Waals surface area contributed by atoms with Crippen LogP contribution in [-0.2, 0) is 13.0 Å². The number of benzene rings is 1. The second-order valence-electron chi connectivity index (χ2n) is 4.70. The maximum absolute atomic E-state index is 12.1. The smallest absolute Gasteiger partial charge is 0.253 e. The van der Waals surface area contributed by atoms with Crippen LogP contribution in [0.3, 0.4) is 0 Å². The van der Waals surface area contributed by atoms with Gasteiger partial charge in [0.05, 0.1) is 12.2 Å². The van der Waals surface area contributed by atoms with Crippen molar-refractivity contribution < 1.29 is 9.53 Å². The molecule has 4 nitrogen and oxygen atoms in total. The Labute approximate surface area is 139 Å². The van der Waals surface area contributed by atoms with Crippen LogP contribution in [0.25, 0.3) is 0 Å². The Morgan fingerprint density at radius 1 is 1.33 bits per heavy atom. The number of nitrogens with one attached hydrogen (secondary N) is 1. The fraction of sp³-hybridized carbons (Fsp3) is 0.200. The zero-order chi connectivity index (χ0) is 14.8. The number of amides is 1. The zero-order valence-electron chi connectivity index (χ0n) is 11.0. The molecule has 3 rings (SSSR count). The molecule has 0 unspecified atom stereocenters. The topological polar surface area (TPSA) is 51.2 Å². The van der Waals surface area contributed by atoms with E-state index in [9.17, 15) is 4.79 Å². The van der Waals surface area contributed by atoms with Crippen molar-refractivity contribution in [2.24, 2.45) is 0 Å². The van der Waals surface area contributed by atoms with Crippen molar-refractivity contribution in [1.82, 2.24) is 10.3 Å². The number of carbonyl (C=O) groups excluding carboxylic acids is 1. The number of nitrogens with zero attached hydrogens (tertiary/aromatic N) is 1. The highest BCUT2D eigenvalue weighted by atomic mass is 79.9. The third-order valence-electron chi connectivity index (χ3n) is 3.25. The largest absolute Gasteiger partial charge is 0.493 e. The predicted molar refractivity (Wildman–Crippen MR) is 86.4 cm³/mol. The third kappa shape index (κ3) is 3.27. The maximum Gasteiger partial charge on any atom is 0.253 e. The lowest BCUT2D eigenvalue weighted by molar-refractivity contribution is 0.0950. The van der Waals surface area contributed by atoms with Crippen LogP contribution >= 0.6 is 31.9 Å². The van der Waals surface area contributed by atoms with Crippen LogP contribution in [0.4, 0.5) is 0 Å². The van der Waals surface area contributed by atoms with E-state index in [1.165, 1.54) is 5.56 Å². The van der Waals surface area contributed by atoms with E-state index in [0.717, 1.165) is 22.2 Å². The van der Waals surface area contributed by atoms with Gasteiger partial charge in [0.1, 0.15) is 10.4 Å². The van der Waals surface area contributed by atoms with Gasteiger partial charge >= 0.3 is 0 Å². The van der Waals surface area contributed by atoms with Crippen molar-refractivity contribution >= 4 is 37.8 Å². The molecule has 2 heterocycles. The molecule has 0 radical (unpaired) electrons. The van der Waals surface area contributed by atoms with Gasteiger partial charge in [0.2, 0.25) is 0 Å². The number of hydrogen-bond donors (Lipinski definition) is 1. The Balaban J connectivity index is 1.73. The first-order valence-electron chi connectivity index (χ1n) is 6.47. The van der Waals surface area contributed by atoms with Gasteiger partial charge in [-0.3, -0.25) is 4.79 Å². The number of halogens is 2. The van der Waals surface area contributed by atoms with E-state index in [2.05, 4.69) is 48.2 Å². The zero-order valence-corrected chi connectivity index (χ0v) is 14.2. The molecule has 21 heavy (non-hydrogen) atoms. The minimum atomic E-state index is -0.151. The molecule has 1 aromatic carbocycles. The summed E-state index contributed by atoms with van der Waals surface area (Å²) >= 11 is 6.74. The van der Waals surface area contributed by atoms with Crippen molar-refractivity contribution in [2.45, 2.75) is 13.0 Å². The number of fused-ring (bicyclic) bond motifs is 1. The molecule has 1 aliphatic heterocycles. The van der Waals surface area contributed by atoms with E-state index in [0.29, 0.717) is 23.3 Å². The highest BCUT2D eigenvalue weighted by Gasteiger charge is 2.18. The highest BCUT2D eigenvalue weighted by Crippen LogP contribution is 2.32. The van der Waals surface area contributed by atoms with Crippen molar-refractivity contribution in [3.63, 3.8) is 0 Å². The van der Waals surface area contributed by atoms with Gasteiger partial charge in [-0.05, 0) is 45.8 Å². The van der Waals surface area contributed by atoms with Crippen LogP contribution in [0, 0.1) is 0 Å². The summed E-state index contributed by atoms with van der Waals surface area (Å²) in [6, 6.07) is 7.51. The SMILES string of the molecule is O=C(NCc1cc(Br)cc2c1OCC2)c1ccc(Br)nc1. The van der Waals surface area contributed by atoms with E-state index in [-0.39, 0.29) is 5.91 Å². The first-order chi connectivity index (χ1) is 10.1. The lowest BCUT2D eigenvalue weighted by atomic mass is 10.1. The average molecular weight is 412 g/mol. The van der Waals surface area contributed by atoms with E-state index in [1.807, 2.05) is 6.07 Å². The van der Waals surface area contributed by atoms with Gasteiger partial charge in [0.15, 0.2) is 0 Å². The molecule has 1 amide bonds. The minimum absolute atomic E-state index is 0.151. The Morgan fingerprint density at radius 2 is 2.19 bits per heavy atom. The molecule has 2 aromatic rings. The van der Waals surface area contributed by atoms with Crippen molar-refractivity contribution in [3.8, 4) is 5.75 Å². The van der Waals surface area contributed by atoms with E-state index in [1.54, 1.807) is 18.3 Å². The lowest BCUT2D eigenvalue weighted by Crippen LogP contribution is -2.23. The fourth-order valence-electron chi connectivity index (χ4n) is 2.27. The number of carbonyl (C=O) groups is 1. The van der Waals surface area contributed by atoms with Gasteiger partial charge in [-0.15, -0.1) is 0 Å². The molecule has 1 aromatic heterocycles. The predicted octanol–water partition coefficient (Wildman–Crippen LogP) is 3.47. The second-order valence-corrected chi connectivity index (χ2v) is 6.43. The summed E-state index contributed by atoms with van der Waals surface area (Å²) in [6.45, 7) is 1.13. The summed E-state index contributed by atoms with van der Waals surface area (Å²) < 4.78 is 7.35. The first kappa shape index (κ1) is 14.5. The van der Waals surface area contributed by atoms with Crippen LogP contribution in [0.2, 0.25) is 0 Å². The maximum atomic E-state index is 12.1. The molecular weight excluding hydrogens is 400 g/mol. The Hall–Kier alpha value is -1.40. The molecular formula is C15H12Br2N2O2. The van der Waals surface area contributed by atoms with Gasteiger partial charge < -0.3 is 10.1 Å². The summed E-state index contributed by atoms with van der Waals surface area (Å²) in [5, 5.41) is 2.90. The van der Waals surface area contributed by atoms with Gasteiger partial charge in [0.25, 0.3) is 5.91 Å². The molecule has 0 saturated heterocycles. The number of hydrogen-bond acceptors (Lipinski definition) is 3. The monoisotopic (exact) mass is 410 g/mol. The van der Waals surface area contributed by atoms with Crippen molar-refractivity contribution in [2.75, 3.05) is 6.61 Å². The normalized spacial score (nSPS) is 12.7. The summed E-state index contributed by atoms with van der Waals surface area (Å²) in [4.78, 5) is 16.1. The van der Waals surface area contributed by atoms with Crippen molar-refractivity contribution in [3.05, 3.63) is 56.2 Å². The number of ether oxygens (including phenoxy) is 1. The van der Waals surface area contributed by atoms with Crippen LogP contribution < -0.4 is 10.1 Å². The third-order valence-corrected chi connectivity index (χ3v) is 4.18. The molecule has 0 aliphatic carbocycles. The lowest BCUT2D eigenvalue weighted by Gasteiger charge is -2.10. The molecule has 108 valence electrons. The van der Waals surface area contributed by atoms with Gasteiger partial charge in [-0.2, -0.15) is 0 Å².